The summed E-state index contributed by atoms with van der Waals surface area (Å²) in [6, 6.07) is 0. The zero-order valence-electron chi connectivity index (χ0n) is 9.65. The Hall–Kier alpha value is -0.790. The highest BCUT2D eigenvalue weighted by molar-refractivity contribution is 9.10. The fraction of sp³-hybridized carbons (Fsp3) is 0.700. The van der Waals surface area contributed by atoms with Gasteiger partial charge < -0.3 is 10.1 Å². The van der Waals surface area contributed by atoms with Crippen LogP contribution in [0.25, 0.3) is 0 Å². The second kappa shape index (κ2) is 5.70. The maximum atomic E-state index is 11.9. The fourth-order valence-electron chi connectivity index (χ4n) is 1.85. The van der Waals surface area contributed by atoms with Crippen LogP contribution in [0.4, 0.5) is 0 Å². The highest BCUT2D eigenvalue weighted by atomic mass is 79.9. The SMILES string of the molecule is Cn1nnc(Br)c1C(=O)COC1CCNCC1. The number of ketones is 1. The Bertz CT molecular complexity index is 382. The van der Waals surface area contributed by atoms with E-state index in [1.807, 2.05) is 0 Å². The first-order chi connectivity index (χ1) is 8.18. The molecule has 6 nitrogen and oxygen atoms in total. The molecule has 1 N–H and O–H groups in total. The molecule has 7 heteroatoms. The number of aromatic nitrogens is 3. The largest absolute Gasteiger partial charge is 0.370 e. The van der Waals surface area contributed by atoms with E-state index in [9.17, 15) is 4.79 Å². The molecular formula is C10H15BrN4O2. The molecule has 1 saturated heterocycles. The molecule has 0 aliphatic carbocycles. The predicted molar refractivity (Wildman–Crippen MR) is 64.9 cm³/mol. The van der Waals surface area contributed by atoms with Gasteiger partial charge in [0.1, 0.15) is 12.3 Å². The molecule has 94 valence electrons. The number of piperidine rings is 1. The molecule has 0 bridgehead atoms. The van der Waals surface area contributed by atoms with E-state index in [0.29, 0.717) is 10.3 Å². The molecule has 0 amide bonds. The topological polar surface area (TPSA) is 69.0 Å². The zero-order valence-corrected chi connectivity index (χ0v) is 11.2. The van der Waals surface area contributed by atoms with Crippen LogP contribution in [0, 0.1) is 0 Å². The van der Waals surface area contributed by atoms with Gasteiger partial charge in [0.2, 0.25) is 5.78 Å². The van der Waals surface area contributed by atoms with Gasteiger partial charge in [0.05, 0.1) is 6.10 Å². The van der Waals surface area contributed by atoms with Crippen LogP contribution < -0.4 is 5.32 Å². The summed E-state index contributed by atoms with van der Waals surface area (Å²) in [5, 5.41) is 10.8. The van der Waals surface area contributed by atoms with E-state index in [0.717, 1.165) is 25.9 Å². The summed E-state index contributed by atoms with van der Waals surface area (Å²) in [6.07, 6.45) is 2.09. The Balaban J connectivity index is 1.89. The molecule has 0 unspecified atom stereocenters. The monoisotopic (exact) mass is 302 g/mol. The van der Waals surface area contributed by atoms with E-state index in [1.54, 1.807) is 7.05 Å². The van der Waals surface area contributed by atoms with Crippen molar-refractivity contribution in [1.29, 1.82) is 0 Å². The zero-order chi connectivity index (χ0) is 12.3. The lowest BCUT2D eigenvalue weighted by molar-refractivity contribution is 0.0312. The molecule has 1 fully saturated rings. The minimum absolute atomic E-state index is 0.0878. The van der Waals surface area contributed by atoms with Gasteiger partial charge in [-0.2, -0.15) is 0 Å². The first kappa shape index (κ1) is 12.7. The van der Waals surface area contributed by atoms with E-state index < -0.39 is 0 Å². The van der Waals surface area contributed by atoms with Crippen molar-refractivity contribution < 1.29 is 9.53 Å². The van der Waals surface area contributed by atoms with E-state index in [-0.39, 0.29) is 18.5 Å². The number of hydrogen-bond acceptors (Lipinski definition) is 5. The van der Waals surface area contributed by atoms with Gasteiger partial charge in [-0.3, -0.25) is 4.79 Å². The van der Waals surface area contributed by atoms with Gasteiger partial charge in [0, 0.05) is 7.05 Å². The smallest absolute Gasteiger partial charge is 0.209 e. The molecule has 0 spiro atoms. The maximum Gasteiger partial charge on any atom is 0.209 e. The second-order valence-electron chi connectivity index (χ2n) is 4.04. The number of nitrogens with one attached hydrogen (secondary N) is 1. The molecule has 2 heterocycles. The Morgan fingerprint density at radius 2 is 2.29 bits per heavy atom. The molecule has 2 rings (SSSR count). The van der Waals surface area contributed by atoms with Crippen LogP contribution >= 0.6 is 15.9 Å². The molecule has 0 saturated carbocycles. The molecule has 0 aromatic carbocycles. The van der Waals surface area contributed by atoms with Gasteiger partial charge >= 0.3 is 0 Å². The first-order valence-corrected chi connectivity index (χ1v) is 6.38. The van der Waals surface area contributed by atoms with Crippen LogP contribution in [0.5, 0.6) is 0 Å². The van der Waals surface area contributed by atoms with Crippen molar-refractivity contribution in [2.45, 2.75) is 18.9 Å². The molecule has 0 atom stereocenters. The number of carbonyl (C=O) groups excluding carboxylic acids is 1. The highest BCUT2D eigenvalue weighted by Gasteiger charge is 2.20. The summed E-state index contributed by atoms with van der Waals surface area (Å²) in [5.41, 5.74) is 0.457. The van der Waals surface area contributed by atoms with Gasteiger partial charge in [0.25, 0.3) is 0 Å². The lowest BCUT2D eigenvalue weighted by Crippen LogP contribution is -2.33. The average molecular weight is 303 g/mol. The number of Topliss-reactive ketones (excluding diaryl/α,β-unsaturated/α-hetero) is 1. The Morgan fingerprint density at radius 3 is 2.88 bits per heavy atom. The predicted octanol–water partition coefficient (Wildman–Crippen LogP) is 0.529. The molecule has 0 radical (unpaired) electrons. The van der Waals surface area contributed by atoms with Crippen LogP contribution in [0.2, 0.25) is 0 Å². The van der Waals surface area contributed by atoms with E-state index in [1.165, 1.54) is 4.68 Å². The van der Waals surface area contributed by atoms with Gasteiger partial charge in [-0.15, -0.1) is 5.10 Å². The number of halogens is 1. The minimum Gasteiger partial charge on any atom is -0.370 e. The standard InChI is InChI=1S/C10H15BrN4O2/c1-15-9(10(11)13-14-15)8(16)6-17-7-2-4-12-5-3-7/h7,12H,2-6H2,1H3. The van der Waals surface area contributed by atoms with Crippen molar-refractivity contribution in [2.75, 3.05) is 19.7 Å². The molecule has 1 aromatic rings. The molecular weight excluding hydrogens is 288 g/mol. The fourth-order valence-corrected chi connectivity index (χ4v) is 2.40. The number of ether oxygens (including phenoxy) is 1. The average Bonchev–Trinajstić information content (AvgIpc) is 2.67. The van der Waals surface area contributed by atoms with Crippen molar-refractivity contribution in [1.82, 2.24) is 20.3 Å². The van der Waals surface area contributed by atoms with Gasteiger partial charge in [-0.05, 0) is 41.9 Å². The molecule has 17 heavy (non-hydrogen) atoms. The number of hydrogen-bond donors (Lipinski definition) is 1. The molecule has 1 aromatic heterocycles. The summed E-state index contributed by atoms with van der Waals surface area (Å²) in [5.74, 6) is -0.0945. The first-order valence-electron chi connectivity index (χ1n) is 5.59. The number of rotatable bonds is 4. The van der Waals surface area contributed by atoms with Gasteiger partial charge in [-0.1, -0.05) is 5.21 Å². The quantitative estimate of drug-likeness (QED) is 0.822. The van der Waals surface area contributed by atoms with Crippen molar-refractivity contribution in [3.05, 3.63) is 10.3 Å². The lowest BCUT2D eigenvalue weighted by Gasteiger charge is -2.22. The summed E-state index contributed by atoms with van der Waals surface area (Å²) in [4.78, 5) is 11.9. The third-order valence-electron chi connectivity index (χ3n) is 2.79. The van der Waals surface area contributed by atoms with Crippen molar-refractivity contribution >= 4 is 21.7 Å². The van der Waals surface area contributed by atoms with Crippen LogP contribution in [-0.4, -0.2) is 46.6 Å². The number of carbonyl (C=O) groups is 1. The van der Waals surface area contributed by atoms with Crippen LogP contribution in [0.15, 0.2) is 4.60 Å². The van der Waals surface area contributed by atoms with Crippen LogP contribution in [0.1, 0.15) is 23.3 Å². The Morgan fingerprint density at radius 1 is 1.59 bits per heavy atom. The van der Waals surface area contributed by atoms with Gasteiger partial charge in [-0.25, -0.2) is 4.68 Å². The van der Waals surface area contributed by atoms with E-state index >= 15 is 0 Å². The second-order valence-corrected chi connectivity index (χ2v) is 4.79. The molecule has 1 aliphatic heterocycles. The maximum absolute atomic E-state index is 11.9. The summed E-state index contributed by atoms with van der Waals surface area (Å²) in [7, 11) is 1.69. The number of aryl methyl sites for hydroxylation is 1. The third kappa shape index (κ3) is 3.11. The van der Waals surface area contributed by atoms with Crippen molar-refractivity contribution in [3.63, 3.8) is 0 Å². The molecule has 1 aliphatic rings. The van der Waals surface area contributed by atoms with Crippen molar-refractivity contribution in [3.8, 4) is 0 Å². The van der Waals surface area contributed by atoms with E-state index in [2.05, 4.69) is 31.6 Å². The minimum atomic E-state index is -0.0945. The van der Waals surface area contributed by atoms with E-state index in [4.69, 9.17) is 4.74 Å². The number of nitrogens with zero attached hydrogens (tertiary/aromatic N) is 3. The van der Waals surface area contributed by atoms with Crippen LogP contribution in [0.3, 0.4) is 0 Å². The lowest BCUT2D eigenvalue weighted by atomic mass is 10.1. The third-order valence-corrected chi connectivity index (χ3v) is 3.32. The van der Waals surface area contributed by atoms with Gasteiger partial charge in [0.15, 0.2) is 4.60 Å². The summed E-state index contributed by atoms with van der Waals surface area (Å²) < 4.78 is 7.53. The summed E-state index contributed by atoms with van der Waals surface area (Å²) >= 11 is 3.20. The normalized spacial score (nSPS) is 17.3. The Labute approximate surface area is 108 Å². The Kier molecular flexibility index (Phi) is 4.25. The van der Waals surface area contributed by atoms with Crippen molar-refractivity contribution in [2.24, 2.45) is 7.05 Å². The van der Waals surface area contributed by atoms with Crippen LogP contribution in [-0.2, 0) is 11.8 Å². The summed E-state index contributed by atoms with van der Waals surface area (Å²) in [6.45, 7) is 2.00. The highest BCUT2D eigenvalue weighted by Crippen LogP contribution is 2.14.